The molecule has 1 aromatic rings. The number of nitrogens with one attached hydrogen (secondary N) is 1. The lowest BCUT2D eigenvalue weighted by atomic mass is 10.2. The van der Waals surface area contributed by atoms with Crippen LogP contribution in [0.5, 0.6) is 0 Å². The summed E-state index contributed by atoms with van der Waals surface area (Å²) in [5.74, 6) is -0.667. The fourth-order valence-electron chi connectivity index (χ4n) is 1.60. The number of esters is 1. The molecule has 0 bridgehead atoms. The highest BCUT2D eigenvalue weighted by atomic mass is 16.5. The van der Waals surface area contributed by atoms with Crippen LogP contribution < -0.4 is 5.32 Å². The van der Waals surface area contributed by atoms with Crippen molar-refractivity contribution in [2.45, 2.75) is 39.3 Å². The van der Waals surface area contributed by atoms with E-state index in [0.29, 0.717) is 13.0 Å². The Morgan fingerprint density at radius 1 is 1.28 bits per heavy atom. The molecule has 1 N–H and O–H groups in total. The number of carbonyl (C=O) groups excluding carboxylic acids is 2. The Morgan fingerprint density at radius 2 is 1.94 bits per heavy atom. The van der Waals surface area contributed by atoms with Crippen molar-refractivity contribution in [3.63, 3.8) is 0 Å². The van der Waals surface area contributed by atoms with Gasteiger partial charge in [-0.3, -0.25) is 9.59 Å². The van der Waals surface area contributed by atoms with Crippen LogP contribution in [0.1, 0.15) is 32.3 Å². The third-order valence-electron chi connectivity index (χ3n) is 2.46. The molecule has 1 amide bonds. The molecule has 18 heavy (non-hydrogen) atoms. The molecule has 1 unspecified atom stereocenters. The fourth-order valence-corrected chi connectivity index (χ4v) is 1.60. The first-order chi connectivity index (χ1) is 8.63. The summed E-state index contributed by atoms with van der Waals surface area (Å²) >= 11 is 0. The number of benzene rings is 1. The van der Waals surface area contributed by atoms with Crippen molar-refractivity contribution in [3.05, 3.63) is 35.9 Å². The van der Waals surface area contributed by atoms with Gasteiger partial charge in [-0.15, -0.1) is 0 Å². The maximum Gasteiger partial charge on any atom is 0.303 e. The molecule has 0 saturated carbocycles. The molecule has 1 rings (SSSR count). The molecule has 4 heteroatoms. The number of ether oxygens (including phenoxy) is 1. The summed E-state index contributed by atoms with van der Waals surface area (Å²) in [4.78, 5) is 22.8. The molecular formula is C14H19NO3. The van der Waals surface area contributed by atoms with Crippen LogP contribution in [-0.4, -0.2) is 18.0 Å². The molecule has 1 atom stereocenters. The third-order valence-corrected chi connectivity index (χ3v) is 2.46. The van der Waals surface area contributed by atoms with Crippen LogP contribution in [0.2, 0.25) is 0 Å². The van der Waals surface area contributed by atoms with Crippen LogP contribution in [0.15, 0.2) is 30.3 Å². The summed E-state index contributed by atoms with van der Waals surface area (Å²) in [6.07, 6.45) is 0.646. The van der Waals surface area contributed by atoms with Crippen LogP contribution >= 0.6 is 0 Å². The van der Waals surface area contributed by atoms with E-state index < -0.39 is 12.1 Å². The normalized spacial score (nSPS) is 11.7. The maximum absolute atomic E-state index is 11.9. The van der Waals surface area contributed by atoms with E-state index in [1.54, 1.807) is 0 Å². The standard InChI is InChI=1S/C14H19NO3/c1-3-7-13(18-11(2)16)14(17)15-10-12-8-5-4-6-9-12/h4-6,8-9,13H,3,7,10H2,1-2H3,(H,15,17). The number of rotatable bonds is 6. The van der Waals surface area contributed by atoms with Crippen molar-refractivity contribution < 1.29 is 14.3 Å². The largest absolute Gasteiger partial charge is 0.452 e. The van der Waals surface area contributed by atoms with Crippen molar-refractivity contribution >= 4 is 11.9 Å². The predicted octanol–water partition coefficient (Wildman–Crippen LogP) is 2.03. The van der Waals surface area contributed by atoms with Crippen LogP contribution in [0.4, 0.5) is 0 Å². The van der Waals surface area contributed by atoms with Gasteiger partial charge in [0.05, 0.1) is 0 Å². The number of hydrogen-bond acceptors (Lipinski definition) is 3. The van der Waals surface area contributed by atoms with Gasteiger partial charge in [0, 0.05) is 13.5 Å². The summed E-state index contributed by atoms with van der Waals surface area (Å²) in [5.41, 5.74) is 1.02. The van der Waals surface area contributed by atoms with Gasteiger partial charge >= 0.3 is 5.97 Å². The Hall–Kier alpha value is -1.84. The van der Waals surface area contributed by atoms with E-state index in [1.807, 2.05) is 37.3 Å². The third kappa shape index (κ3) is 4.99. The van der Waals surface area contributed by atoms with Crippen molar-refractivity contribution in [1.29, 1.82) is 0 Å². The monoisotopic (exact) mass is 249 g/mol. The Balaban J connectivity index is 2.48. The summed E-state index contributed by atoms with van der Waals surface area (Å²) in [6, 6.07) is 9.61. The first-order valence-electron chi connectivity index (χ1n) is 6.12. The van der Waals surface area contributed by atoms with E-state index in [4.69, 9.17) is 4.74 Å². The van der Waals surface area contributed by atoms with Crippen LogP contribution in [-0.2, 0) is 20.9 Å². The second-order valence-electron chi connectivity index (χ2n) is 4.09. The lowest BCUT2D eigenvalue weighted by Crippen LogP contribution is -2.37. The first kappa shape index (κ1) is 14.2. The van der Waals surface area contributed by atoms with Crippen LogP contribution in [0, 0.1) is 0 Å². The van der Waals surface area contributed by atoms with Gasteiger partial charge in [-0.1, -0.05) is 43.7 Å². The average Bonchev–Trinajstić information content (AvgIpc) is 2.36. The van der Waals surface area contributed by atoms with Crippen molar-refractivity contribution in [2.24, 2.45) is 0 Å². The minimum Gasteiger partial charge on any atom is -0.452 e. The molecule has 0 heterocycles. The molecule has 0 aliphatic carbocycles. The molecule has 1 aromatic carbocycles. The topological polar surface area (TPSA) is 55.4 Å². The van der Waals surface area contributed by atoms with E-state index in [2.05, 4.69) is 5.32 Å². The molecule has 0 saturated heterocycles. The molecule has 0 spiro atoms. The molecular weight excluding hydrogens is 230 g/mol. The highest BCUT2D eigenvalue weighted by Gasteiger charge is 2.19. The Bertz CT molecular complexity index is 389. The van der Waals surface area contributed by atoms with Crippen LogP contribution in [0.25, 0.3) is 0 Å². The maximum atomic E-state index is 11.9. The molecule has 4 nitrogen and oxygen atoms in total. The molecule has 0 aromatic heterocycles. The second kappa shape index (κ2) is 7.48. The van der Waals surface area contributed by atoms with Gasteiger partial charge in [0.15, 0.2) is 6.10 Å². The summed E-state index contributed by atoms with van der Waals surface area (Å²) in [7, 11) is 0. The number of amides is 1. The zero-order chi connectivity index (χ0) is 13.4. The summed E-state index contributed by atoms with van der Waals surface area (Å²) < 4.78 is 4.99. The summed E-state index contributed by atoms with van der Waals surface area (Å²) in [6.45, 7) is 3.70. The lowest BCUT2D eigenvalue weighted by Gasteiger charge is -2.15. The van der Waals surface area contributed by atoms with Gasteiger partial charge in [-0.2, -0.15) is 0 Å². The van der Waals surface area contributed by atoms with Gasteiger partial charge in [-0.05, 0) is 12.0 Å². The van der Waals surface area contributed by atoms with E-state index in [-0.39, 0.29) is 5.91 Å². The van der Waals surface area contributed by atoms with E-state index in [1.165, 1.54) is 6.92 Å². The quantitative estimate of drug-likeness (QED) is 0.785. The highest BCUT2D eigenvalue weighted by Crippen LogP contribution is 2.04. The van der Waals surface area contributed by atoms with Crippen molar-refractivity contribution in [3.8, 4) is 0 Å². The SMILES string of the molecule is CCCC(OC(C)=O)C(=O)NCc1ccccc1. The predicted molar refractivity (Wildman–Crippen MR) is 68.8 cm³/mol. The smallest absolute Gasteiger partial charge is 0.303 e. The molecule has 0 radical (unpaired) electrons. The summed E-state index contributed by atoms with van der Waals surface area (Å²) in [5, 5.41) is 2.77. The zero-order valence-electron chi connectivity index (χ0n) is 10.8. The number of hydrogen-bond donors (Lipinski definition) is 1. The Labute approximate surface area is 107 Å². The Morgan fingerprint density at radius 3 is 2.50 bits per heavy atom. The van der Waals surface area contributed by atoms with Gasteiger partial charge in [0.2, 0.25) is 0 Å². The highest BCUT2D eigenvalue weighted by molar-refractivity contribution is 5.83. The molecule has 98 valence electrons. The average molecular weight is 249 g/mol. The fraction of sp³-hybridized carbons (Fsp3) is 0.429. The van der Waals surface area contributed by atoms with Gasteiger partial charge < -0.3 is 10.1 Å². The zero-order valence-corrected chi connectivity index (χ0v) is 10.8. The second-order valence-corrected chi connectivity index (χ2v) is 4.09. The van der Waals surface area contributed by atoms with E-state index in [0.717, 1.165) is 12.0 Å². The Kier molecular flexibility index (Phi) is 5.91. The van der Waals surface area contributed by atoms with E-state index >= 15 is 0 Å². The van der Waals surface area contributed by atoms with Gasteiger partial charge in [0.1, 0.15) is 0 Å². The first-order valence-corrected chi connectivity index (χ1v) is 6.12. The number of carbonyl (C=O) groups is 2. The lowest BCUT2D eigenvalue weighted by molar-refractivity contribution is -0.154. The van der Waals surface area contributed by atoms with Crippen molar-refractivity contribution in [1.82, 2.24) is 5.32 Å². The van der Waals surface area contributed by atoms with Crippen molar-refractivity contribution in [2.75, 3.05) is 0 Å². The molecule has 0 aliphatic heterocycles. The minimum absolute atomic E-state index is 0.240. The molecule has 0 aliphatic rings. The van der Waals surface area contributed by atoms with Crippen LogP contribution in [0.3, 0.4) is 0 Å². The minimum atomic E-state index is -0.684. The van der Waals surface area contributed by atoms with Gasteiger partial charge in [-0.25, -0.2) is 0 Å². The van der Waals surface area contributed by atoms with E-state index in [9.17, 15) is 9.59 Å². The molecule has 0 fully saturated rings. The van der Waals surface area contributed by atoms with Gasteiger partial charge in [0.25, 0.3) is 5.91 Å².